The Bertz CT molecular complexity index is 591. The van der Waals surface area contributed by atoms with E-state index in [-0.39, 0.29) is 5.76 Å². The van der Waals surface area contributed by atoms with Crippen molar-refractivity contribution < 1.29 is 19.7 Å². The van der Waals surface area contributed by atoms with Crippen LogP contribution in [0.4, 0.5) is 0 Å². The molecule has 21 heavy (non-hydrogen) atoms. The number of aliphatic carboxylic acids is 1. The SMILES string of the molecule is C=C(OCC)C(=O)O.Oc1ccccc1-c1ccccc1. The highest BCUT2D eigenvalue weighted by Gasteiger charge is 2.01. The van der Waals surface area contributed by atoms with Crippen molar-refractivity contribution >= 4 is 5.97 Å². The van der Waals surface area contributed by atoms with Crippen LogP contribution in [0.3, 0.4) is 0 Å². The molecule has 0 fully saturated rings. The molecule has 0 aliphatic rings. The first-order valence-corrected chi connectivity index (χ1v) is 6.44. The summed E-state index contributed by atoms with van der Waals surface area (Å²) in [5.41, 5.74) is 1.92. The number of phenolic OH excluding ortho intramolecular Hbond substituents is 1. The second-order valence-electron chi connectivity index (χ2n) is 4.04. The van der Waals surface area contributed by atoms with Crippen molar-refractivity contribution in [3.05, 3.63) is 66.9 Å². The molecular formula is C17H18O4. The number of para-hydroxylation sites is 1. The second kappa shape index (κ2) is 8.43. The zero-order valence-electron chi connectivity index (χ0n) is 11.8. The Morgan fingerprint density at radius 3 is 2.14 bits per heavy atom. The van der Waals surface area contributed by atoms with E-state index in [0.717, 1.165) is 11.1 Å². The maximum Gasteiger partial charge on any atom is 0.370 e. The van der Waals surface area contributed by atoms with Gasteiger partial charge in [0, 0.05) is 5.56 Å². The summed E-state index contributed by atoms with van der Waals surface area (Å²) in [6, 6.07) is 17.2. The number of phenols is 1. The van der Waals surface area contributed by atoms with Gasteiger partial charge in [-0.1, -0.05) is 48.5 Å². The Kier molecular flexibility index (Phi) is 6.54. The Hall–Kier alpha value is -2.75. The first kappa shape index (κ1) is 16.3. The highest BCUT2D eigenvalue weighted by Crippen LogP contribution is 2.27. The van der Waals surface area contributed by atoms with Gasteiger partial charge in [-0.3, -0.25) is 0 Å². The molecule has 0 unspecified atom stereocenters. The van der Waals surface area contributed by atoms with Gasteiger partial charge in [0.05, 0.1) is 6.61 Å². The summed E-state index contributed by atoms with van der Waals surface area (Å²) in [5.74, 6) is -0.979. The second-order valence-corrected chi connectivity index (χ2v) is 4.04. The highest BCUT2D eigenvalue weighted by atomic mass is 16.5. The minimum absolute atomic E-state index is 0.201. The lowest BCUT2D eigenvalue weighted by atomic mass is 10.1. The maximum atomic E-state index is 9.86. The van der Waals surface area contributed by atoms with Crippen LogP contribution in [0.15, 0.2) is 66.9 Å². The molecule has 0 bridgehead atoms. The van der Waals surface area contributed by atoms with Crippen molar-refractivity contribution in [1.29, 1.82) is 0 Å². The summed E-state index contributed by atoms with van der Waals surface area (Å²) in [6.07, 6.45) is 0. The fourth-order valence-electron chi connectivity index (χ4n) is 1.57. The molecule has 110 valence electrons. The van der Waals surface area contributed by atoms with Gasteiger partial charge in [-0.05, 0) is 25.1 Å². The van der Waals surface area contributed by atoms with Crippen molar-refractivity contribution in [3.63, 3.8) is 0 Å². The van der Waals surface area contributed by atoms with Crippen LogP contribution in [0, 0.1) is 0 Å². The molecule has 2 aromatic rings. The number of hydrogen-bond donors (Lipinski definition) is 2. The topological polar surface area (TPSA) is 66.8 Å². The van der Waals surface area contributed by atoms with Gasteiger partial charge in [0.15, 0.2) is 5.76 Å². The Balaban J connectivity index is 0.000000240. The number of carboxylic acid groups (broad SMARTS) is 1. The first-order valence-electron chi connectivity index (χ1n) is 6.44. The zero-order valence-corrected chi connectivity index (χ0v) is 11.8. The van der Waals surface area contributed by atoms with Gasteiger partial charge in [0.1, 0.15) is 5.75 Å². The number of hydrogen-bond acceptors (Lipinski definition) is 3. The van der Waals surface area contributed by atoms with Gasteiger partial charge < -0.3 is 14.9 Å². The summed E-state index contributed by atoms with van der Waals surface area (Å²) in [4.78, 5) is 9.86. The predicted octanol–water partition coefficient (Wildman–Crippen LogP) is 3.68. The summed E-state index contributed by atoms with van der Waals surface area (Å²) < 4.78 is 4.51. The maximum absolute atomic E-state index is 9.86. The molecule has 2 rings (SSSR count). The number of carbonyl (C=O) groups is 1. The highest BCUT2D eigenvalue weighted by molar-refractivity contribution is 5.83. The summed E-state index contributed by atoms with van der Waals surface area (Å²) in [6.45, 7) is 5.18. The molecule has 0 aromatic heterocycles. The van der Waals surface area contributed by atoms with Crippen molar-refractivity contribution in [3.8, 4) is 16.9 Å². The first-order chi connectivity index (χ1) is 10.1. The average molecular weight is 286 g/mol. The molecule has 0 saturated heterocycles. The molecule has 0 aliphatic carbocycles. The van der Waals surface area contributed by atoms with Crippen molar-refractivity contribution in [2.24, 2.45) is 0 Å². The van der Waals surface area contributed by atoms with Crippen LogP contribution in [0.5, 0.6) is 5.75 Å². The van der Waals surface area contributed by atoms with Crippen molar-refractivity contribution in [2.45, 2.75) is 6.92 Å². The van der Waals surface area contributed by atoms with Gasteiger partial charge in [-0.2, -0.15) is 0 Å². The van der Waals surface area contributed by atoms with E-state index in [0.29, 0.717) is 12.4 Å². The molecular weight excluding hydrogens is 268 g/mol. The number of benzene rings is 2. The monoisotopic (exact) mass is 286 g/mol. The normalized spacial score (nSPS) is 9.19. The molecule has 0 radical (unpaired) electrons. The van der Waals surface area contributed by atoms with E-state index in [1.54, 1.807) is 13.0 Å². The van der Waals surface area contributed by atoms with E-state index in [2.05, 4.69) is 11.3 Å². The zero-order chi connectivity index (χ0) is 15.7. The Labute approximate surface area is 123 Å². The summed E-state index contributed by atoms with van der Waals surface area (Å²) in [7, 11) is 0. The molecule has 4 heteroatoms. The molecule has 2 aromatic carbocycles. The van der Waals surface area contributed by atoms with Crippen molar-refractivity contribution in [1.82, 2.24) is 0 Å². The summed E-state index contributed by atoms with van der Waals surface area (Å²) in [5, 5.41) is 17.7. The Morgan fingerprint density at radius 2 is 1.67 bits per heavy atom. The van der Waals surface area contributed by atoms with E-state index < -0.39 is 5.97 Å². The average Bonchev–Trinajstić information content (AvgIpc) is 2.49. The van der Waals surface area contributed by atoms with E-state index in [1.807, 2.05) is 48.5 Å². The van der Waals surface area contributed by atoms with Crippen LogP contribution < -0.4 is 0 Å². The lowest BCUT2D eigenvalue weighted by Gasteiger charge is -2.02. The van der Waals surface area contributed by atoms with Gasteiger partial charge in [0.25, 0.3) is 0 Å². The molecule has 0 saturated carbocycles. The molecule has 4 nitrogen and oxygen atoms in total. The van der Waals surface area contributed by atoms with Crippen LogP contribution in [0.25, 0.3) is 11.1 Å². The van der Waals surface area contributed by atoms with Gasteiger partial charge in [0.2, 0.25) is 0 Å². The third-order valence-corrected chi connectivity index (χ3v) is 2.55. The van der Waals surface area contributed by atoms with E-state index in [1.165, 1.54) is 0 Å². The number of carboxylic acids is 1. The number of aromatic hydroxyl groups is 1. The Morgan fingerprint density at radius 1 is 1.10 bits per heavy atom. The molecule has 0 aliphatic heterocycles. The number of rotatable bonds is 4. The standard InChI is InChI=1S/C12H10O.C5H8O3/c13-12-9-5-4-8-11(12)10-6-2-1-3-7-10;1-3-8-4(2)5(6)7/h1-9,13H;2-3H2,1H3,(H,6,7). The lowest BCUT2D eigenvalue weighted by Crippen LogP contribution is -2.02. The lowest BCUT2D eigenvalue weighted by molar-refractivity contribution is -0.136. The molecule has 0 spiro atoms. The molecule has 0 atom stereocenters. The van der Waals surface area contributed by atoms with Crippen LogP contribution in [0.2, 0.25) is 0 Å². The van der Waals surface area contributed by atoms with Gasteiger partial charge in [-0.25, -0.2) is 4.79 Å². The van der Waals surface area contributed by atoms with Gasteiger partial charge in [-0.15, -0.1) is 0 Å². The van der Waals surface area contributed by atoms with Crippen LogP contribution in [0.1, 0.15) is 6.92 Å². The van der Waals surface area contributed by atoms with Crippen LogP contribution in [-0.2, 0) is 9.53 Å². The smallest absolute Gasteiger partial charge is 0.370 e. The van der Waals surface area contributed by atoms with E-state index >= 15 is 0 Å². The van der Waals surface area contributed by atoms with Crippen molar-refractivity contribution in [2.75, 3.05) is 6.61 Å². The minimum atomic E-state index is -1.10. The molecule has 2 N–H and O–H groups in total. The molecule has 0 heterocycles. The van der Waals surface area contributed by atoms with Crippen LogP contribution >= 0.6 is 0 Å². The third-order valence-electron chi connectivity index (χ3n) is 2.55. The fraction of sp³-hybridized carbons (Fsp3) is 0.118. The molecule has 0 amide bonds. The third kappa shape index (κ3) is 5.40. The largest absolute Gasteiger partial charge is 0.507 e. The van der Waals surface area contributed by atoms with E-state index in [4.69, 9.17) is 5.11 Å². The fourth-order valence-corrected chi connectivity index (χ4v) is 1.57. The summed E-state index contributed by atoms with van der Waals surface area (Å²) >= 11 is 0. The van der Waals surface area contributed by atoms with Gasteiger partial charge >= 0.3 is 5.97 Å². The minimum Gasteiger partial charge on any atom is -0.507 e. The number of ether oxygens (including phenoxy) is 1. The van der Waals surface area contributed by atoms with E-state index in [9.17, 15) is 9.90 Å². The quantitative estimate of drug-likeness (QED) is 0.664. The van der Waals surface area contributed by atoms with Crippen LogP contribution in [-0.4, -0.2) is 22.8 Å². The predicted molar refractivity (Wildman–Crippen MR) is 81.9 cm³/mol.